The second kappa shape index (κ2) is 10.5. The van der Waals surface area contributed by atoms with Crippen LogP contribution in [0.4, 0.5) is 11.4 Å². The third kappa shape index (κ3) is 5.88. The van der Waals surface area contributed by atoms with Crippen LogP contribution in [0.25, 0.3) is 0 Å². The molecule has 0 unspecified atom stereocenters. The maximum atomic E-state index is 12.6. The first-order valence-corrected chi connectivity index (χ1v) is 11.5. The van der Waals surface area contributed by atoms with Crippen LogP contribution in [0.3, 0.4) is 0 Å². The number of thioether (sulfide) groups is 1. The first-order chi connectivity index (χ1) is 14.9. The Bertz CT molecular complexity index is 943. The molecule has 3 rings (SSSR count). The summed E-state index contributed by atoms with van der Waals surface area (Å²) in [5.74, 6) is 0.272. The smallest absolute Gasteiger partial charge is 0.306 e. The van der Waals surface area contributed by atoms with Crippen molar-refractivity contribution >= 4 is 40.9 Å². The second-order valence-corrected chi connectivity index (χ2v) is 8.72. The highest BCUT2D eigenvalue weighted by molar-refractivity contribution is 8.00. The summed E-state index contributed by atoms with van der Waals surface area (Å²) >= 11 is 1.57. The summed E-state index contributed by atoms with van der Waals surface area (Å²) in [6, 6.07) is 15.6. The maximum absolute atomic E-state index is 12.6. The third-order valence-corrected chi connectivity index (χ3v) is 6.24. The SMILES string of the molecule is CCOC(=O)CCC(=O)Nc1cccc([C@@H]2SCC(=O)N2c2ccc(C(C)C)cc2)c1. The molecule has 2 aromatic carbocycles. The second-order valence-electron chi connectivity index (χ2n) is 7.65. The Morgan fingerprint density at radius 2 is 1.90 bits per heavy atom. The van der Waals surface area contributed by atoms with Gasteiger partial charge >= 0.3 is 5.97 Å². The van der Waals surface area contributed by atoms with Gasteiger partial charge in [0.25, 0.3) is 0 Å². The lowest BCUT2D eigenvalue weighted by molar-refractivity contribution is -0.144. The summed E-state index contributed by atoms with van der Waals surface area (Å²) in [7, 11) is 0. The van der Waals surface area contributed by atoms with Gasteiger partial charge in [-0.05, 0) is 48.2 Å². The number of carbonyl (C=O) groups is 3. The van der Waals surface area contributed by atoms with Crippen molar-refractivity contribution < 1.29 is 19.1 Å². The fourth-order valence-corrected chi connectivity index (χ4v) is 4.58. The molecule has 1 atom stereocenters. The number of hydrogen-bond donors (Lipinski definition) is 1. The van der Waals surface area contributed by atoms with Gasteiger partial charge in [-0.2, -0.15) is 0 Å². The highest BCUT2D eigenvalue weighted by Gasteiger charge is 2.34. The predicted octanol–water partition coefficient (Wildman–Crippen LogP) is 4.87. The van der Waals surface area contributed by atoms with Crippen molar-refractivity contribution in [2.75, 3.05) is 22.6 Å². The first kappa shape index (κ1) is 22.9. The van der Waals surface area contributed by atoms with E-state index in [1.54, 1.807) is 24.8 Å². The first-order valence-electron chi connectivity index (χ1n) is 10.5. The molecule has 1 aliphatic rings. The number of carbonyl (C=O) groups excluding carboxylic acids is 3. The Morgan fingerprint density at radius 1 is 1.16 bits per heavy atom. The Balaban J connectivity index is 1.72. The van der Waals surface area contributed by atoms with Gasteiger partial charge in [-0.1, -0.05) is 38.1 Å². The fourth-order valence-electron chi connectivity index (χ4n) is 3.41. The highest BCUT2D eigenvalue weighted by Crippen LogP contribution is 2.42. The molecule has 1 saturated heterocycles. The van der Waals surface area contributed by atoms with Gasteiger partial charge in [0.1, 0.15) is 5.37 Å². The van der Waals surface area contributed by atoms with E-state index in [9.17, 15) is 14.4 Å². The molecular weight excluding hydrogens is 412 g/mol. The van der Waals surface area contributed by atoms with Crippen LogP contribution in [0.15, 0.2) is 48.5 Å². The van der Waals surface area contributed by atoms with E-state index in [4.69, 9.17) is 4.74 Å². The average Bonchev–Trinajstić information content (AvgIpc) is 3.14. The van der Waals surface area contributed by atoms with E-state index in [-0.39, 0.29) is 36.0 Å². The lowest BCUT2D eigenvalue weighted by Crippen LogP contribution is -2.27. The molecule has 1 N–H and O–H groups in total. The Hall–Kier alpha value is -2.80. The Kier molecular flexibility index (Phi) is 7.74. The average molecular weight is 441 g/mol. The van der Waals surface area contributed by atoms with Crippen LogP contribution in [0, 0.1) is 0 Å². The van der Waals surface area contributed by atoms with Crippen LogP contribution in [-0.4, -0.2) is 30.1 Å². The summed E-state index contributed by atoms with van der Waals surface area (Å²) < 4.78 is 4.85. The third-order valence-electron chi connectivity index (χ3n) is 5.02. The summed E-state index contributed by atoms with van der Waals surface area (Å²) in [5.41, 5.74) is 3.67. The van der Waals surface area contributed by atoms with Crippen LogP contribution in [-0.2, 0) is 19.1 Å². The molecule has 2 amide bonds. The van der Waals surface area contributed by atoms with Crippen molar-refractivity contribution in [1.82, 2.24) is 0 Å². The molecule has 1 fully saturated rings. The van der Waals surface area contributed by atoms with Crippen LogP contribution in [0.5, 0.6) is 0 Å². The molecule has 0 aromatic heterocycles. The Morgan fingerprint density at radius 3 is 2.58 bits per heavy atom. The molecule has 0 spiro atoms. The maximum Gasteiger partial charge on any atom is 0.306 e. The number of nitrogens with zero attached hydrogens (tertiary/aromatic N) is 1. The summed E-state index contributed by atoms with van der Waals surface area (Å²) in [6.45, 7) is 6.32. The zero-order valence-electron chi connectivity index (χ0n) is 18.1. The molecule has 164 valence electrons. The van der Waals surface area contributed by atoms with Gasteiger partial charge in [0.05, 0.1) is 18.8 Å². The van der Waals surface area contributed by atoms with Gasteiger partial charge < -0.3 is 10.1 Å². The minimum absolute atomic E-state index is 0.0481. The van der Waals surface area contributed by atoms with E-state index in [1.165, 1.54) is 5.56 Å². The van der Waals surface area contributed by atoms with Gasteiger partial charge in [-0.25, -0.2) is 0 Å². The number of ether oxygens (including phenoxy) is 1. The molecule has 0 radical (unpaired) electrons. The zero-order valence-corrected chi connectivity index (χ0v) is 18.9. The van der Waals surface area contributed by atoms with E-state index in [0.29, 0.717) is 24.0 Å². The number of rotatable bonds is 8. The lowest BCUT2D eigenvalue weighted by atomic mass is 10.0. The predicted molar refractivity (Wildman–Crippen MR) is 124 cm³/mol. The number of nitrogens with one attached hydrogen (secondary N) is 1. The minimum Gasteiger partial charge on any atom is -0.466 e. The molecule has 0 aliphatic carbocycles. The monoisotopic (exact) mass is 440 g/mol. The summed E-state index contributed by atoms with van der Waals surface area (Å²) in [4.78, 5) is 38.1. The lowest BCUT2D eigenvalue weighted by Gasteiger charge is -2.25. The molecule has 2 aromatic rings. The molecule has 0 saturated carbocycles. The molecule has 1 aliphatic heterocycles. The van der Waals surface area contributed by atoms with E-state index in [1.807, 2.05) is 35.2 Å². The van der Waals surface area contributed by atoms with E-state index in [0.717, 1.165) is 11.3 Å². The quantitative estimate of drug-likeness (QED) is 0.593. The largest absolute Gasteiger partial charge is 0.466 e. The normalized spacial score (nSPS) is 15.9. The van der Waals surface area contributed by atoms with Crippen molar-refractivity contribution in [3.8, 4) is 0 Å². The molecule has 31 heavy (non-hydrogen) atoms. The number of esters is 1. The summed E-state index contributed by atoms with van der Waals surface area (Å²) in [6.07, 6.45) is 0.112. The molecule has 1 heterocycles. The van der Waals surface area contributed by atoms with Crippen molar-refractivity contribution in [3.05, 3.63) is 59.7 Å². The van der Waals surface area contributed by atoms with Crippen molar-refractivity contribution in [2.24, 2.45) is 0 Å². The van der Waals surface area contributed by atoms with E-state index < -0.39 is 0 Å². The zero-order chi connectivity index (χ0) is 22.4. The fraction of sp³-hybridized carbons (Fsp3) is 0.375. The van der Waals surface area contributed by atoms with Crippen LogP contribution in [0.2, 0.25) is 0 Å². The molecule has 0 bridgehead atoms. The van der Waals surface area contributed by atoms with Crippen molar-refractivity contribution in [2.45, 2.75) is 44.9 Å². The van der Waals surface area contributed by atoms with Gasteiger partial charge in [-0.15, -0.1) is 11.8 Å². The van der Waals surface area contributed by atoms with Crippen LogP contribution in [0.1, 0.15) is 56.0 Å². The van der Waals surface area contributed by atoms with Crippen molar-refractivity contribution in [1.29, 1.82) is 0 Å². The minimum atomic E-state index is -0.383. The topological polar surface area (TPSA) is 75.7 Å². The van der Waals surface area contributed by atoms with Crippen LogP contribution >= 0.6 is 11.8 Å². The van der Waals surface area contributed by atoms with Crippen molar-refractivity contribution in [3.63, 3.8) is 0 Å². The van der Waals surface area contributed by atoms with Gasteiger partial charge in [0.15, 0.2) is 0 Å². The van der Waals surface area contributed by atoms with Gasteiger partial charge in [0, 0.05) is 17.8 Å². The highest BCUT2D eigenvalue weighted by atomic mass is 32.2. The van der Waals surface area contributed by atoms with E-state index >= 15 is 0 Å². The molecule has 7 heteroatoms. The number of benzene rings is 2. The molecular formula is C24H28N2O4S. The van der Waals surface area contributed by atoms with Crippen LogP contribution < -0.4 is 10.2 Å². The number of hydrogen-bond acceptors (Lipinski definition) is 5. The Labute approximate surface area is 187 Å². The standard InChI is InChI=1S/C24H28N2O4S/c1-4-30-23(29)13-12-21(27)25-19-7-5-6-18(14-19)24-26(22(28)15-31-24)20-10-8-17(9-11-20)16(2)3/h5-11,14,16,24H,4,12-13,15H2,1-3H3,(H,25,27)/t24-/m0/s1. The molecule has 6 nitrogen and oxygen atoms in total. The number of amides is 2. The number of anilines is 2. The summed E-state index contributed by atoms with van der Waals surface area (Å²) in [5, 5.41) is 2.67. The van der Waals surface area contributed by atoms with Gasteiger partial charge in [0.2, 0.25) is 11.8 Å². The van der Waals surface area contributed by atoms with E-state index in [2.05, 4.69) is 31.3 Å². The van der Waals surface area contributed by atoms with Gasteiger partial charge in [-0.3, -0.25) is 19.3 Å².